The summed E-state index contributed by atoms with van der Waals surface area (Å²) in [5.41, 5.74) is 1.75. The number of fused-ring (bicyclic) bond motifs is 1. The molecule has 3 aromatic rings. The molecular weight excluding hydrogens is 486 g/mol. The molecule has 11 heteroatoms. The number of ether oxygens (including phenoxy) is 2. The quantitative estimate of drug-likeness (QED) is 0.307. The Labute approximate surface area is 209 Å². The largest absolute Gasteiger partial charge is 0.500 e. The van der Waals surface area contributed by atoms with E-state index in [2.05, 4.69) is 4.99 Å². The summed E-state index contributed by atoms with van der Waals surface area (Å²) in [6.07, 6.45) is 1.47. The highest BCUT2D eigenvalue weighted by molar-refractivity contribution is 7.07. The highest BCUT2D eigenvalue weighted by atomic mass is 32.1. The van der Waals surface area contributed by atoms with Gasteiger partial charge in [-0.15, -0.1) is 0 Å². The Morgan fingerprint density at radius 3 is 2.58 bits per heavy atom. The molecule has 4 rings (SSSR count). The third-order valence-electron chi connectivity index (χ3n) is 5.70. The van der Waals surface area contributed by atoms with E-state index in [0.717, 1.165) is 23.0 Å². The number of phenolic OH excluding ortho intramolecular Hbond substituents is 1. The molecule has 0 saturated heterocycles. The Hall–Kier alpha value is -4.25. The number of hydrogen-bond donors (Lipinski definition) is 1. The molecule has 1 atom stereocenters. The van der Waals surface area contributed by atoms with Gasteiger partial charge in [-0.3, -0.25) is 19.5 Å². The number of carbonyl (C=O) groups is 1. The maximum atomic E-state index is 13.6. The van der Waals surface area contributed by atoms with Crippen LogP contribution in [0.15, 0.2) is 57.5 Å². The number of phenols is 1. The van der Waals surface area contributed by atoms with E-state index in [-0.39, 0.29) is 28.0 Å². The van der Waals surface area contributed by atoms with E-state index >= 15 is 0 Å². The van der Waals surface area contributed by atoms with E-state index in [9.17, 15) is 24.8 Å². The molecule has 2 heterocycles. The summed E-state index contributed by atoms with van der Waals surface area (Å²) in [5.74, 6) is -1.26. The number of nitrogens with zero attached hydrogens (tertiary/aromatic N) is 3. The highest BCUT2D eigenvalue weighted by Crippen LogP contribution is 2.37. The standard InChI is InChI=1S/C25H23N3O7S/c1-5-35-24(31)20-14(3)26-25-27(21(20)16-8-6-13(2)7-9-16)23(30)19(36-25)12-15-10-17(28(32)33)22(29)18(11-15)34-4/h6-12,21,29H,5H2,1-4H3/b19-12+/t21-/m0/s1. The number of allylic oxidation sites excluding steroid dienone is 1. The number of nitro groups is 1. The Morgan fingerprint density at radius 2 is 1.97 bits per heavy atom. The van der Waals surface area contributed by atoms with Gasteiger partial charge in [0.1, 0.15) is 0 Å². The number of nitro benzene ring substituents is 1. The van der Waals surface area contributed by atoms with Crippen LogP contribution in [0.1, 0.15) is 36.6 Å². The van der Waals surface area contributed by atoms with Crippen LogP contribution >= 0.6 is 11.3 Å². The van der Waals surface area contributed by atoms with Gasteiger partial charge in [0.2, 0.25) is 5.75 Å². The molecule has 1 aliphatic rings. The third-order valence-corrected chi connectivity index (χ3v) is 6.68. The minimum Gasteiger partial charge on any atom is -0.500 e. The zero-order chi connectivity index (χ0) is 26.1. The first-order chi connectivity index (χ1) is 17.2. The maximum absolute atomic E-state index is 13.6. The van der Waals surface area contributed by atoms with Gasteiger partial charge in [-0.1, -0.05) is 41.2 Å². The summed E-state index contributed by atoms with van der Waals surface area (Å²) in [4.78, 5) is 42.1. The minimum absolute atomic E-state index is 0.0961. The number of aromatic hydroxyl groups is 1. The van der Waals surface area contributed by atoms with E-state index in [0.29, 0.717) is 16.1 Å². The molecule has 186 valence electrons. The van der Waals surface area contributed by atoms with Crippen LogP contribution in [0.3, 0.4) is 0 Å². The Balaban J connectivity index is 1.96. The Kier molecular flexibility index (Phi) is 6.75. The molecule has 1 aromatic heterocycles. The number of carbonyl (C=O) groups excluding carboxylic acids is 1. The molecule has 10 nitrogen and oxygen atoms in total. The number of aromatic nitrogens is 1. The van der Waals surface area contributed by atoms with Crippen LogP contribution in [0, 0.1) is 17.0 Å². The van der Waals surface area contributed by atoms with Gasteiger partial charge in [0.25, 0.3) is 5.56 Å². The summed E-state index contributed by atoms with van der Waals surface area (Å²) >= 11 is 1.09. The van der Waals surface area contributed by atoms with Gasteiger partial charge in [0, 0.05) is 6.07 Å². The molecule has 0 fully saturated rings. The van der Waals surface area contributed by atoms with Crippen molar-refractivity contribution < 1.29 is 24.3 Å². The smallest absolute Gasteiger partial charge is 0.338 e. The second kappa shape index (κ2) is 9.78. The van der Waals surface area contributed by atoms with Crippen LogP contribution in [-0.4, -0.2) is 34.3 Å². The molecule has 0 spiro atoms. The lowest BCUT2D eigenvalue weighted by atomic mass is 9.95. The van der Waals surface area contributed by atoms with Crippen molar-refractivity contribution in [3.05, 3.63) is 94.2 Å². The summed E-state index contributed by atoms with van der Waals surface area (Å²) in [6.45, 7) is 5.50. The third kappa shape index (κ3) is 4.40. The first kappa shape index (κ1) is 24.9. The monoisotopic (exact) mass is 509 g/mol. The van der Waals surface area contributed by atoms with E-state index < -0.39 is 33.9 Å². The molecule has 1 N–H and O–H groups in total. The zero-order valence-corrected chi connectivity index (χ0v) is 20.8. The van der Waals surface area contributed by atoms with Crippen LogP contribution in [-0.2, 0) is 9.53 Å². The zero-order valence-electron chi connectivity index (χ0n) is 20.0. The van der Waals surface area contributed by atoms with Crippen LogP contribution in [0.4, 0.5) is 5.69 Å². The summed E-state index contributed by atoms with van der Waals surface area (Å²) in [6, 6.07) is 9.28. The van der Waals surface area contributed by atoms with Crippen molar-refractivity contribution in [3.8, 4) is 11.5 Å². The maximum Gasteiger partial charge on any atom is 0.338 e. The van der Waals surface area contributed by atoms with Crippen LogP contribution in [0.2, 0.25) is 0 Å². The number of thiazole rings is 1. The van der Waals surface area contributed by atoms with Gasteiger partial charge >= 0.3 is 11.7 Å². The average Bonchev–Trinajstić information content (AvgIpc) is 3.13. The summed E-state index contributed by atoms with van der Waals surface area (Å²) in [7, 11) is 1.28. The van der Waals surface area contributed by atoms with Gasteiger partial charge < -0.3 is 14.6 Å². The van der Waals surface area contributed by atoms with Gasteiger partial charge in [-0.2, -0.15) is 0 Å². The first-order valence-corrected chi connectivity index (χ1v) is 11.8. The van der Waals surface area contributed by atoms with Crippen molar-refractivity contribution in [2.45, 2.75) is 26.8 Å². The first-order valence-electron chi connectivity index (χ1n) is 11.0. The molecule has 0 amide bonds. The topological polar surface area (TPSA) is 133 Å². The minimum atomic E-state index is -0.758. The predicted octanol–water partition coefficient (Wildman–Crippen LogP) is 2.73. The molecule has 36 heavy (non-hydrogen) atoms. The van der Waals surface area contributed by atoms with Crippen LogP contribution in [0.5, 0.6) is 11.5 Å². The van der Waals surface area contributed by atoms with Gasteiger partial charge in [-0.05, 0) is 44.0 Å². The number of esters is 1. The SMILES string of the molecule is CCOC(=O)C1=C(C)N=c2s/c(=C/c3cc(OC)c(O)c([N+](=O)[O-])c3)c(=O)n2[C@H]1c1ccc(C)cc1. The molecule has 0 radical (unpaired) electrons. The number of rotatable bonds is 6. The van der Waals surface area contributed by atoms with Crippen molar-refractivity contribution in [2.24, 2.45) is 4.99 Å². The molecular formula is C25H23N3O7S. The van der Waals surface area contributed by atoms with Crippen LogP contribution < -0.4 is 19.6 Å². The lowest BCUT2D eigenvalue weighted by Crippen LogP contribution is -2.39. The number of methoxy groups -OCH3 is 1. The Morgan fingerprint density at radius 1 is 1.28 bits per heavy atom. The van der Waals surface area contributed by atoms with E-state index in [4.69, 9.17) is 9.47 Å². The molecule has 0 saturated carbocycles. The molecule has 2 aromatic carbocycles. The second-order valence-corrected chi connectivity index (χ2v) is 9.07. The number of aryl methyl sites for hydroxylation is 1. The molecule has 0 aliphatic carbocycles. The van der Waals surface area contributed by atoms with Crippen molar-refractivity contribution in [1.29, 1.82) is 0 Å². The fourth-order valence-corrected chi connectivity index (χ4v) is 5.05. The molecule has 0 unspecified atom stereocenters. The predicted molar refractivity (Wildman–Crippen MR) is 133 cm³/mol. The van der Waals surface area contributed by atoms with E-state index in [1.807, 2.05) is 31.2 Å². The average molecular weight is 510 g/mol. The highest BCUT2D eigenvalue weighted by Gasteiger charge is 2.33. The summed E-state index contributed by atoms with van der Waals surface area (Å²) < 4.78 is 12.0. The van der Waals surface area contributed by atoms with Gasteiger partial charge in [0.05, 0.1) is 40.5 Å². The van der Waals surface area contributed by atoms with Crippen molar-refractivity contribution in [3.63, 3.8) is 0 Å². The van der Waals surface area contributed by atoms with Gasteiger partial charge in [0.15, 0.2) is 10.6 Å². The normalized spacial score (nSPS) is 15.3. The van der Waals surface area contributed by atoms with E-state index in [1.165, 1.54) is 23.8 Å². The molecule has 0 bridgehead atoms. The van der Waals surface area contributed by atoms with E-state index in [1.54, 1.807) is 13.8 Å². The Bertz CT molecular complexity index is 1580. The fraction of sp³-hybridized carbons (Fsp3) is 0.240. The van der Waals surface area contributed by atoms with Crippen LogP contribution in [0.25, 0.3) is 6.08 Å². The van der Waals surface area contributed by atoms with Crippen molar-refractivity contribution in [1.82, 2.24) is 4.57 Å². The lowest BCUT2D eigenvalue weighted by Gasteiger charge is -2.24. The lowest BCUT2D eigenvalue weighted by molar-refractivity contribution is -0.386. The summed E-state index contributed by atoms with van der Waals surface area (Å²) in [5, 5.41) is 21.4. The van der Waals surface area contributed by atoms with Crippen molar-refractivity contribution >= 4 is 29.1 Å². The van der Waals surface area contributed by atoms with Gasteiger partial charge in [-0.25, -0.2) is 9.79 Å². The fourth-order valence-electron chi connectivity index (χ4n) is 4.00. The number of hydrogen-bond acceptors (Lipinski definition) is 9. The number of benzene rings is 2. The molecule has 1 aliphatic heterocycles. The van der Waals surface area contributed by atoms with Crippen molar-refractivity contribution in [2.75, 3.05) is 13.7 Å². The second-order valence-electron chi connectivity index (χ2n) is 8.06.